The van der Waals surface area contributed by atoms with E-state index in [1.165, 1.54) is 5.56 Å². The van der Waals surface area contributed by atoms with Gasteiger partial charge in [0.15, 0.2) is 16.8 Å². The first-order valence-corrected chi connectivity index (χ1v) is 13.5. The summed E-state index contributed by atoms with van der Waals surface area (Å²) in [5.41, 5.74) is 3.85. The number of pyridine rings is 1. The van der Waals surface area contributed by atoms with Crippen LogP contribution in [-0.4, -0.2) is 37.9 Å². The van der Waals surface area contributed by atoms with Crippen molar-refractivity contribution in [3.8, 4) is 17.1 Å². The van der Waals surface area contributed by atoms with Gasteiger partial charge in [-0.25, -0.2) is 0 Å². The van der Waals surface area contributed by atoms with Crippen molar-refractivity contribution >= 4 is 23.6 Å². The van der Waals surface area contributed by atoms with Crippen molar-refractivity contribution in [2.75, 3.05) is 12.4 Å². The van der Waals surface area contributed by atoms with Gasteiger partial charge in [-0.15, -0.1) is 10.2 Å². The minimum absolute atomic E-state index is 0.0218. The summed E-state index contributed by atoms with van der Waals surface area (Å²) in [5.74, 6) is 2.56. The Balaban J connectivity index is 1.21. The summed E-state index contributed by atoms with van der Waals surface area (Å²) in [5, 5.41) is 9.78. The molecule has 37 heavy (non-hydrogen) atoms. The molecule has 2 aromatic heterocycles. The van der Waals surface area contributed by atoms with Gasteiger partial charge in [-0.2, -0.15) is 0 Å². The second-order valence-corrected chi connectivity index (χ2v) is 10.1. The number of ketones is 1. The van der Waals surface area contributed by atoms with Gasteiger partial charge in [0, 0.05) is 35.3 Å². The van der Waals surface area contributed by atoms with E-state index in [0.717, 1.165) is 46.5 Å². The number of aryl methyl sites for hydroxylation is 1. The number of hydrogen-bond acceptors (Lipinski definition) is 6. The van der Waals surface area contributed by atoms with Gasteiger partial charge in [0.1, 0.15) is 5.75 Å². The number of unbranched alkanes of at least 4 members (excludes halogenated alkanes) is 1. The molecule has 0 unspecified atom stereocenters. The van der Waals surface area contributed by atoms with E-state index in [1.54, 1.807) is 30.2 Å². The lowest BCUT2D eigenvalue weighted by Gasteiger charge is -2.13. The fourth-order valence-electron chi connectivity index (χ4n) is 3.85. The fraction of sp³-hybridized carbons (Fsp3) is 0.267. The molecule has 0 saturated heterocycles. The van der Waals surface area contributed by atoms with E-state index in [0.29, 0.717) is 12.2 Å². The number of carbonyl (C=O) groups excluding carboxylic acids is 1. The van der Waals surface area contributed by atoms with E-state index in [2.05, 4.69) is 39.7 Å². The van der Waals surface area contributed by atoms with E-state index in [-0.39, 0.29) is 11.8 Å². The molecule has 190 valence electrons. The minimum Gasteiger partial charge on any atom is -0.494 e. The highest BCUT2D eigenvalue weighted by Gasteiger charge is 2.16. The van der Waals surface area contributed by atoms with Crippen molar-refractivity contribution in [1.29, 1.82) is 0 Å². The molecule has 0 spiro atoms. The molecule has 0 radical (unpaired) electrons. The molecule has 2 heterocycles. The normalized spacial score (nSPS) is 11.4. The molecule has 4 aromatic rings. The zero-order valence-corrected chi connectivity index (χ0v) is 22.3. The lowest BCUT2D eigenvalue weighted by molar-refractivity contribution is 0.104. The third kappa shape index (κ3) is 7.40. The summed E-state index contributed by atoms with van der Waals surface area (Å²) in [4.78, 5) is 16.6. The zero-order valence-electron chi connectivity index (χ0n) is 21.5. The second kappa shape index (κ2) is 13.0. The summed E-state index contributed by atoms with van der Waals surface area (Å²) in [7, 11) is 0. The van der Waals surface area contributed by atoms with Gasteiger partial charge in [0.05, 0.1) is 6.61 Å². The Hall–Kier alpha value is -3.71. The molecule has 0 bridgehead atoms. The van der Waals surface area contributed by atoms with Crippen LogP contribution in [0.25, 0.3) is 17.5 Å². The van der Waals surface area contributed by atoms with Crippen molar-refractivity contribution < 1.29 is 9.53 Å². The average molecular weight is 513 g/mol. The van der Waals surface area contributed by atoms with Gasteiger partial charge in [-0.05, 0) is 81.7 Å². The lowest BCUT2D eigenvalue weighted by atomic mass is 10.1. The van der Waals surface area contributed by atoms with Crippen LogP contribution in [0.4, 0.5) is 0 Å². The summed E-state index contributed by atoms with van der Waals surface area (Å²) in [6, 6.07) is 19.6. The third-order valence-corrected chi connectivity index (χ3v) is 6.80. The van der Waals surface area contributed by atoms with E-state index in [1.807, 2.05) is 67.6 Å². The largest absolute Gasteiger partial charge is 0.494 e. The van der Waals surface area contributed by atoms with Crippen LogP contribution in [0, 0.1) is 6.92 Å². The highest BCUT2D eigenvalue weighted by Crippen LogP contribution is 2.28. The van der Waals surface area contributed by atoms with Crippen LogP contribution in [0.3, 0.4) is 0 Å². The molecule has 0 aliphatic carbocycles. The number of ether oxygens (including phenoxy) is 1. The number of carbonyl (C=O) groups is 1. The number of benzene rings is 2. The number of aromatic nitrogens is 4. The zero-order chi connectivity index (χ0) is 26.0. The van der Waals surface area contributed by atoms with Crippen molar-refractivity contribution in [1.82, 2.24) is 19.7 Å². The maximum absolute atomic E-state index is 12.5. The van der Waals surface area contributed by atoms with Crippen LogP contribution in [0.2, 0.25) is 0 Å². The Morgan fingerprint density at radius 1 is 1.03 bits per heavy atom. The Morgan fingerprint density at radius 3 is 2.54 bits per heavy atom. The van der Waals surface area contributed by atoms with Crippen LogP contribution < -0.4 is 4.74 Å². The van der Waals surface area contributed by atoms with Crippen molar-refractivity contribution in [2.45, 2.75) is 44.8 Å². The van der Waals surface area contributed by atoms with Crippen LogP contribution in [0.1, 0.15) is 54.2 Å². The smallest absolute Gasteiger partial charge is 0.191 e. The molecule has 0 amide bonds. The standard InChI is InChI=1S/C30H32N4O2S/c1-22(2)34-29(26-15-17-31-18-16-26)32-33-30(34)37-20-5-4-19-36-27-12-10-25(11-13-27)28(35)14-9-24-8-6-7-23(3)21-24/h6-18,21-22H,4-5,19-20H2,1-3H3/b14-9+. The lowest BCUT2D eigenvalue weighted by Crippen LogP contribution is -2.05. The molecule has 6 nitrogen and oxygen atoms in total. The number of nitrogens with zero attached hydrogens (tertiary/aromatic N) is 4. The maximum atomic E-state index is 12.5. The summed E-state index contributed by atoms with van der Waals surface area (Å²) >= 11 is 1.72. The first-order valence-electron chi connectivity index (χ1n) is 12.5. The molecule has 0 N–H and O–H groups in total. The Morgan fingerprint density at radius 2 is 1.81 bits per heavy atom. The topological polar surface area (TPSA) is 69.9 Å². The molecule has 0 atom stereocenters. The van der Waals surface area contributed by atoms with Gasteiger partial charge in [0.25, 0.3) is 0 Å². The van der Waals surface area contributed by atoms with E-state index in [9.17, 15) is 4.79 Å². The summed E-state index contributed by atoms with van der Waals surface area (Å²) in [6.07, 6.45) is 8.94. The molecule has 0 saturated carbocycles. The first-order chi connectivity index (χ1) is 18.0. The monoisotopic (exact) mass is 512 g/mol. The first kappa shape index (κ1) is 26.4. The second-order valence-electron chi connectivity index (χ2n) is 9.05. The van der Waals surface area contributed by atoms with Crippen LogP contribution >= 0.6 is 11.8 Å². The Kier molecular flexibility index (Phi) is 9.27. The van der Waals surface area contributed by atoms with Gasteiger partial charge < -0.3 is 4.74 Å². The molecule has 2 aromatic carbocycles. The Labute approximate surface area is 222 Å². The fourth-order valence-corrected chi connectivity index (χ4v) is 4.92. The highest BCUT2D eigenvalue weighted by atomic mass is 32.2. The maximum Gasteiger partial charge on any atom is 0.191 e. The predicted octanol–water partition coefficient (Wildman–Crippen LogP) is 7.08. The molecular formula is C30H32N4O2S. The summed E-state index contributed by atoms with van der Waals surface area (Å²) in [6.45, 7) is 6.95. The van der Waals surface area contributed by atoms with Crippen molar-refractivity contribution in [2.24, 2.45) is 0 Å². The predicted molar refractivity (Wildman–Crippen MR) is 150 cm³/mol. The molecule has 0 aliphatic heterocycles. The van der Waals surface area contributed by atoms with E-state index >= 15 is 0 Å². The van der Waals surface area contributed by atoms with Gasteiger partial charge in [-0.3, -0.25) is 14.3 Å². The molecular weight excluding hydrogens is 480 g/mol. The Bertz CT molecular complexity index is 1330. The number of allylic oxidation sites excluding steroid dienone is 1. The highest BCUT2D eigenvalue weighted by molar-refractivity contribution is 7.99. The number of thioether (sulfide) groups is 1. The van der Waals surface area contributed by atoms with Crippen LogP contribution in [-0.2, 0) is 0 Å². The summed E-state index contributed by atoms with van der Waals surface area (Å²) < 4.78 is 8.06. The van der Waals surface area contributed by atoms with E-state index in [4.69, 9.17) is 4.74 Å². The minimum atomic E-state index is -0.0218. The van der Waals surface area contributed by atoms with Gasteiger partial charge in [0.2, 0.25) is 0 Å². The molecule has 7 heteroatoms. The number of rotatable bonds is 12. The van der Waals surface area contributed by atoms with Crippen molar-refractivity contribution in [3.05, 3.63) is 95.8 Å². The number of hydrogen-bond donors (Lipinski definition) is 0. The molecule has 4 rings (SSSR count). The van der Waals surface area contributed by atoms with Gasteiger partial charge >= 0.3 is 0 Å². The van der Waals surface area contributed by atoms with E-state index < -0.39 is 0 Å². The van der Waals surface area contributed by atoms with Crippen LogP contribution in [0.5, 0.6) is 5.75 Å². The third-order valence-electron chi connectivity index (χ3n) is 5.77. The molecule has 0 aliphatic rings. The van der Waals surface area contributed by atoms with Crippen LogP contribution in [0.15, 0.2) is 84.3 Å². The molecule has 0 fully saturated rings. The van der Waals surface area contributed by atoms with Gasteiger partial charge in [-0.1, -0.05) is 47.7 Å². The SMILES string of the molecule is Cc1cccc(/C=C/C(=O)c2ccc(OCCCCSc3nnc(-c4ccncc4)n3C(C)C)cc2)c1. The average Bonchev–Trinajstić information content (AvgIpc) is 3.34. The quantitative estimate of drug-likeness (QED) is 0.0874. The van der Waals surface area contributed by atoms with Crippen molar-refractivity contribution in [3.63, 3.8) is 0 Å².